The van der Waals surface area contributed by atoms with Crippen molar-refractivity contribution < 1.29 is 9.53 Å². The molecule has 0 aromatic heterocycles. The third-order valence-electron chi connectivity index (χ3n) is 3.17. The van der Waals surface area contributed by atoms with E-state index in [0.29, 0.717) is 0 Å². The van der Waals surface area contributed by atoms with E-state index in [-0.39, 0.29) is 18.0 Å². The summed E-state index contributed by atoms with van der Waals surface area (Å²) in [7, 11) is 0. The normalized spacial score (nSPS) is 24.6. The predicted molar refractivity (Wildman–Crippen MR) is 63.7 cm³/mol. The van der Waals surface area contributed by atoms with Gasteiger partial charge in [-0.15, -0.1) is 0 Å². The van der Waals surface area contributed by atoms with Crippen LogP contribution >= 0.6 is 0 Å². The van der Waals surface area contributed by atoms with Crippen molar-refractivity contribution in [2.24, 2.45) is 0 Å². The molecule has 1 fully saturated rings. The molecule has 0 N–H and O–H groups in total. The Morgan fingerprint density at radius 3 is 2.50 bits per heavy atom. The third-order valence-corrected chi connectivity index (χ3v) is 3.17. The maximum Gasteiger partial charge on any atom is 0.191 e. The first-order valence-corrected chi connectivity index (χ1v) is 5.99. The number of hydrogen-bond acceptors (Lipinski definition) is 2. The molecule has 1 heterocycles. The molecule has 2 nitrogen and oxygen atoms in total. The number of aryl methyl sites for hydroxylation is 1. The van der Waals surface area contributed by atoms with Crippen LogP contribution in [0.3, 0.4) is 0 Å². The molecular weight excluding hydrogens is 200 g/mol. The van der Waals surface area contributed by atoms with Crippen LogP contribution in [0.4, 0.5) is 0 Å². The Morgan fingerprint density at radius 1 is 1.31 bits per heavy atom. The molecule has 2 unspecified atom stereocenters. The first-order valence-electron chi connectivity index (χ1n) is 5.99. The van der Waals surface area contributed by atoms with Gasteiger partial charge in [-0.1, -0.05) is 31.2 Å². The Bertz CT molecular complexity index is 367. The fourth-order valence-electron chi connectivity index (χ4n) is 2.09. The minimum Gasteiger partial charge on any atom is -0.367 e. The first-order chi connectivity index (χ1) is 7.70. The molecule has 1 aromatic rings. The number of Topliss-reactive ketones (excluding diaryl/α,β-unsaturated/α-hetero) is 1. The summed E-state index contributed by atoms with van der Waals surface area (Å²) in [6.45, 7) is 4.13. The summed E-state index contributed by atoms with van der Waals surface area (Å²) in [5.74, 6) is 0.131. The van der Waals surface area contributed by atoms with Gasteiger partial charge in [0.25, 0.3) is 0 Å². The lowest BCUT2D eigenvalue weighted by atomic mass is 10.0. The van der Waals surface area contributed by atoms with Gasteiger partial charge in [0.1, 0.15) is 6.10 Å². The summed E-state index contributed by atoms with van der Waals surface area (Å²) in [6.07, 6.45) is 2.86. The number of hydrogen-bond donors (Lipinski definition) is 0. The molecule has 0 spiro atoms. The average molecular weight is 218 g/mol. The van der Waals surface area contributed by atoms with Crippen molar-refractivity contribution in [3.8, 4) is 0 Å². The summed E-state index contributed by atoms with van der Waals surface area (Å²) in [4.78, 5) is 12.1. The number of carbonyl (C=O) groups excluding carboxylic acids is 1. The molecule has 1 aromatic carbocycles. The van der Waals surface area contributed by atoms with Gasteiger partial charge in [-0.3, -0.25) is 4.79 Å². The van der Waals surface area contributed by atoms with Crippen molar-refractivity contribution in [3.63, 3.8) is 0 Å². The van der Waals surface area contributed by atoms with Gasteiger partial charge in [0, 0.05) is 5.56 Å². The highest BCUT2D eigenvalue weighted by Crippen LogP contribution is 2.22. The molecule has 0 bridgehead atoms. The van der Waals surface area contributed by atoms with Gasteiger partial charge in [0.05, 0.1) is 6.10 Å². The van der Waals surface area contributed by atoms with E-state index in [2.05, 4.69) is 6.92 Å². The molecule has 1 saturated heterocycles. The first kappa shape index (κ1) is 11.3. The van der Waals surface area contributed by atoms with Gasteiger partial charge in [-0.2, -0.15) is 0 Å². The van der Waals surface area contributed by atoms with Crippen LogP contribution in [0.2, 0.25) is 0 Å². The van der Waals surface area contributed by atoms with E-state index in [1.54, 1.807) is 0 Å². The smallest absolute Gasteiger partial charge is 0.191 e. The highest BCUT2D eigenvalue weighted by atomic mass is 16.5. The molecule has 1 aliphatic rings. The van der Waals surface area contributed by atoms with Crippen LogP contribution in [-0.4, -0.2) is 18.0 Å². The maximum atomic E-state index is 12.1. The van der Waals surface area contributed by atoms with E-state index in [1.165, 1.54) is 5.56 Å². The number of benzene rings is 1. The van der Waals surface area contributed by atoms with Crippen molar-refractivity contribution in [2.75, 3.05) is 0 Å². The second-order valence-electron chi connectivity index (χ2n) is 4.43. The van der Waals surface area contributed by atoms with Crippen molar-refractivity contribution >= 4 is 5.78 Å². The van der Waals surface area contributed by atoms with Gasteiger partial charge < -0.3 is 4.74 Å². The summed E-state index contributed by atoms with van der Waals surface area (Å²) in [6, 6.07) is 7.86. The minimum atomic E-state index is -0.220. The highest BCUT2D eigenvalue weighted by molar-refractivity contribution is 5.99. The van der Waals surface area contributed by atoms with Crippen LogP contribution in [-0.2, 0) is 11.2 Å². The van der Waals surface area contributed by atoms with Crippen molar-refractivity contribution in [1.29, 1.82) is 0 Å². The van der Waals surface area contributed by atoms with E-state index in [9.17, 15) is 4.79 Å². The molecule has 2 rings (SSSR count). The monoisotopic (exact) mass is 218 g/mol. The molecule has 0 radical (unpaired) electrons. The molecule has 16 heavy (non-hydrogen) atoms. The van der Waals surface area contributed by atoms with Crippen LogP contribution in [0.15, 0.2) is 24.3 Å². The second-order valence-corrected chi connectivity index (χ2v) is 4.43. The summed E-state index contributed by atoms with van der Waals surface area (Å²) < 4.78 is 5.58. The highest BCUT2D eigenvalue weighted by Gasteiger charge is 2.28. The van der Waals surface area contributed by atoms with Gasteiger partial charge in [0.2, 0.25) is 0 Å². The van der Waals surface area contributed by atoms with Crippen LogP contribution < -0.4 is 0 Å². The van der Waals surface area contributed by atoms with E-state index in [4.69, 9.17) is 4.74 Å². The van der Waals surface area contributed by atoms with Crippen LogP contribution in [0.1, 0.15) is 42.6 Å². The van der Waals surface area contributed by atoms with Gasteiger partial charge in [-0.05, 0) is 31.7 Å². The zero-order chi connectivity index (χ0) is 11.5. The molecule has 0 aliphatic carbocycles. The Kier molecular flexibility index (Phi) is 3.39. The fraction of sp³-hybridized carbons (Fsp3) is 0.500. The molecule has 2 atom stereocenters. The van der Waals surface area contributed by atoms with Gasteiger partial charge in [0.15, 0.2) is 5.78 Å². The molecular formula is C14H18O2. The fourth-order valence-corrected chi connectivity index (χ4v) is 2.09. The topological polar surface area (TPSA) is 26.3 Å². The maximum absolute atomic E-state index is 12.1. The molecule has 2 heteroatoms. The van der Waals surface area contributed by atoms with Gasteiger partial charge >= 0.3 is 0 Å². The van der Waals surface area contributed by atoms with E-state index >= 15 is 0 Å². The standard InChI is InChI=1S/C14H18O2/c1-3-11-5-7-12(8-6-11)14(15)13-9-4-10(2)16-13/h5-8,10,13H,3-4,9H2,1-2H3. The number of ketones is 1. The lowest BCUT2D eigenvalue weighted by Crippen LogP contribution is -2.20. The van der Waals surface area contributed by atoms with Crippen molar-refractivity contribution in [1.82, 2.24) is 0 Å². The molecule has 0 saturated carbocycles. The Hall–Kier alpha value is -1.15. The minimum absolute atomic E-state index is 0.131. The Morgan fingerprint density at radius 2 is 2.00 bits per heavy atom. The SMILES string of the molecule is CCc1ccc(C(=O)C2CCC(C)O2)cc1. The van der Waals surface area contributed by atoms with Gasteiger partial charge in [-0.25, -0.2) is 0 Å². The molecule has 1 aliphatic heterocycles. The second kappa shape index (κ2) is 4.79. The number of ether oxygens (including phenoxy) is 1. The Balaban J connectivity index is 2.08. The van der Waals surface area contributed by atoms with E-state index < -0.39 is 0 Å². The molecule has 86 valence electrons. The number of carbonyl (C=O) groups is 1. The quantitative estimate of drug-likeness (QED) is 0.729. The van der Waals surface area contributed by atoms with Crippen LogP contribution in [0.5, 0.6) is 0 Å². The van der Waals surface area contributed by atoms with Crippen LogP contribution in [0.25, 0.3) is 0 Å². The van der Waals surface area contributed by atoms with E-state index in [1.807, 2.05) is 31.2 Å². The zero-order valence-electron chi connectivity index (χ0n) is 9.90. The summed E-state index contributed by atoms with van der Waals surface area (Å²) in [5, 5.41) is 0. The van der Waals surface area contributed by atoms with Crippen LogP contribution in [0, 0.1) is 0 Å². The average Bonchev–Trinajstić information content (AvgIpc) is 2.75. The summed E-state index contributed by atoms with van der Waals surface area (Å²) >= 11 is 0. The summed E-state index contributed by atoms with van der Waals surface area (Å²) in [5.41, 5.74) is 2.04. The zero-order valence-corrected chi connectivity index (χ0v) is 9.90. The lowest BCUT2D eigenvalue weighted by Gasteiger charge is -2.10. The predicted octanol–water partition coefficient (Wildman–Crippen LogP) is 3.00. The number of rotatable bonds is 3. The van der Waals surface area contributed by atoms with Crippen molar-refractivity contribution in [2.45, 2.75) is 45.3 Å². The largest absolute Gasteiger partial charge is 0.367 e. The lowest BCUT2D eigenvalue weighted by molar-refractivity contribution is 0.0433. The molecule has 0 amide bonds. The van der Waals surface area contributed by atoms with E-state index in [0.717, 1.165) is 24.8 Å². The Labute approximate surface area is 96.6 Å². The van der Waals surface area contributed by atoms with Crippen molar-refractivity contribution in [3.05, 3.63) is 35.4 Å². The third kappa shape index (κ3) is 2.33.